The van der Waals surface area contributed by atoms with Crippen LogP contribution in [0.4, 0.5) is 28.7 Å². The van der Waals surface area contributed by atoms with Gasteiger partial charge in [0.1, 0.15) is 12.1 Å². The van der Waals surface area contributed by atoms with Gasteiger partial charge < -0.3 is 15.4 Å². The van der Waals surface area contributed by atoms with E-state index in [-0.39, 0.29) is 17.3 Å². The fourth-order valence-electron chi connectivity index (χ4n) is 2.80. The molecule has 144 valence electrons. The highest BCUT2D eigenvalue weighted by Crippen LogP contribution is 2.36. The highest BCUT2D eigenvalue weighted by molar-refractivity contribution is 5.79. The van der Waals surface area contributed by atoms with Crippen LogP contribution in [0.2, 0.25) is 0 Å². The van der Waals surface area contributed by atoms with Crippen molar-refractivity contribution in [1.82, 2.24) is 9.97 Å². The molecule has 0 radical (unpaired) electrons. The molecule has 3 aromatic rings. The molecule has 0 aliphatic carbocycles. The SMILES string of the molecule is COc1ccc(C)cc1Nc1ncnc(Nc2cccc(C)c2C)c1[N+](=O)[O-]. The van der Waals surface area contributed by atoms with Crippen molar-refractivity contribution in [2.75, 3.05) is 17.7 Å². The quantitative estimate of drug-likeness (QED) is 0.468. The van der Waals surface area contributed by atoms with Gasteiger partial charge >= 0.3 is 5.69 Å². The summed E-state index contributed by atoms with van der Waals surface area (Å²) in [6.45, 7) is 5.85. The topological polar surface area (TPSA) is 102 Å². The van der Waals surface area contributed by atoms with E-state index < -0.39 is 4.92 Å². The standard InChI is InChI=1S/C20H21N5O3/c1-12-8-9-17(28-4)16(10-12)24-20-18(25(26)27)19(21-11-22-20)23-15-7-5-6-13(2)14(15)3/h5-11H,1-4H3,(H2,21,22,23,24). The lowest BCUT2D eigenvalue weighted by atomic mass is 10.1. The van der Waals surface area contributed by atoms with E-state index in [2.05, 4.69) is 20.6 Å². The number of hydrogen-bond acceptors (Lipinski definition) is 7. The van der Waals surface area contributed by atoms with Gasteiger partial charge in [0.05, 0.1) is 17.7 Å². The molecule has 8 heteroatoms. The summed E-state index contributed by atoms with van der Waals surface area (Å²) >= 11 is 0. The molecule has 2 N–H and O–H groups in total. The molecule has 0 saturated carbocycles. The first-order chi connectivity index (χ1) is 13.4. The summed E-state index contributed by atoms with van der Waals surface area (Å²) in [4.78, 5) is 19.5. The number of anilines is 4. The van der Waals surface area contributed by atoms with E-state index in [1.807, 2.05) is 51.1 Å². The average molecular weight is 379 g/mol. The summed E-state index contributed by atoms with van der Waals surface area (Å²) in [5.74, 6) is 0.752. The first-order valence-electron chi connectivity index (χ1n) is 8.65. The number of methoxy groups -OCH3 is 1. The number of hydrogen-bond donors (Lipinski definition) is 2. The van der Waals surface area contributed by atoms with Crippen molar-refractivity contribution in [3.05, 3.63) is 69.5 Å². The molecule has 0 spiro atoms. The number of rotatable bonds is 6. The molecular formula is C20H21N5O3. The molecule has 0 saturated heterocycles. The number of nitrogens with one attached hydrogen (secondary N) is 2. The van der Waals surface area contributed by atoms with Crippen LogP contribution in [0.25, 0.3) is 0 Å². The molecule has 0 aliphatic rings. The highest BCUT2D eigenvalue weighted by atomic mass is 16.6. The third kappa shape index (κ3) is 3.85. The molecule has 28 heavy (non-hydrogen) atoms. The first kappa shape index (κ1) is 19.1. The maximum Gasteiger partial charge on any atom is 0.353 e. The summed E-state index contributed by atoms with van der Waals surface area (Å²) in [6, 6.07) is 11.2. The maximum absolute atomic E-state index is 11.8. The minimum atomic E-state index is -0.502. The van der Waals surface area contributed by atoms with Crippen molar-refractivity contribution < 1.29 is 9.66 Å². The van der Waals surface area contributed by atoms with Crippen molar-refractivity contribution in [1.29, 1.82) is 0 Å². The zero-order valence-corrected chi connectivity index (χ0v) is 16.1. The van der Waals surface area contributed by atoms with Gasteiger partial charge in [-0.05, 0) is 55.7 Å². The zero-order chi connectivity index (χ0) is 20.3. The Bertz CT molecular complexity index is 1040. The fraction of sp³-hybridized carbons (Fsp3) is 0.200. The van der Waals surface area contributed by atoms with E-state index >= 15 is 0 Å². The van der Waals surface area contributed by atoms with Gasteiger partial charge in [0.2, 0.25) is 11.6 Å². The Labute approximate surface area is 162 Å². The van der Waals surface area contributed by atoms with Crippen LogP contribution in [0.3, 0.4) is 0 Å². The molecule has 1 aromatic heterocycles. The van der Waals surface area contributed by atoms with Crippen LogP contribution in [-0.2, 0) is 0 Å². The molecule has 8 nitrogen and oxygen atoms in total. The van der Waals surface area contributed by atoms with Gasteiger partial charge in [-0.3, -0.25) is 10.1 Å². The lowest BCUT2D eigenvalue weighted by molar-refractivity contribution is -0.383. The molecule has 3 rings (SSSR count). The van der Waals surface area contributed by atoms with Gasteiger partial charge in [0.25, 0.3) is 0 Å². The predicted molar refractivity (Wildman–Crippen MR) is 109 cm³/mol. The third-order valence-electron chi connectivity index (χ3n) is 4.47. The summed E-state index contributed by atoms with van der Waals surface area (Å²) in [5.41, 5.74) is 4.14. The second-order valence-corrected chi connectivity index (χ2v) is 6.38. The van der Waals surface area contributed by atoms with Gasteiger partial charge in [-0.25, -0.2) is 9.97 Å². The molecule has 0 bridgehead atoms. The normalized spacial score (nSPS) is 10.4. The van der Waals surface area contributed by atoms with Crippen molar-refractivity contribution in [2.24, 2.45) is 0 Å². The molecule has 0 fully saturated rings. The lowest BCUT2D eigenvalue weighted by Crippen LogP contribution is -2.07. The molecule has 0 atom stereocenters. The van der Waals surface area contributed by atoms with E-state index in [1.54, 1.807) is 6.07 Å². The van der Waals surface area contributed by atoms with Crippen LogP contribution in [0, 0.1) is 30.9 Å². The van der Waals surface area contributed by atoms with Crippen LogP contribution in [0.15, 0.2) is 42.7 Å². The Morgan fingerprint density at radius 3 is 2.32 bits per heavy atom. The Balaban J connectivity index is 2.04. The van der Waals surface area contributed by atoms with Crippen LogP contribution >= 0.6 is 0 Å². The second kappa shape index (κ2) is 7.91. The van der Waals surface area contributed by atoms with Crippen LogP contribution in [-0.4, -0.2) is 22.0 Å². The van der Waals surface area contributed by atoms with Crippen molar-refractivity contribution in [3.63, 3.8) is 0 Å². The van der Waals surface area contributed by atoms with Crippen LogP contribution in [0.5, 0.6) is 5.75 Å². The van der Waals surface area contributed by atoms with E-state index in [1.165, 1.54) is 13.4 Å². The molecule has 0 unspecified atom stereocenters. The number of aromatic nitrogens is 2. The summed E-state index contributed by atoms with van der Waals surface area (Å²) in [7, 11) is 1.54. The monoisotopic (exact) mass is 379 g/mol. The van der Waals surface area contributed by atoms with Crippen molar-refractivity contribution >= 4 is 28.7 Å². The first-order valence-corrected chi connectivity index (χ1v) is 8.65. The molecular weight excluding hydrogens is 358 g/mol. The molecule has 2 aromatic carbocycles. The molecule has 0 aliphatic heterocycles. The molecule has 1 heterocycles. The van der Waals surface area contributed by atoms with Gasteiger partial charge in [-0.2, -0.15) is 0 Å². The van der Waals surface area contributed by atoms with Crippen molar-refractivity contribution in [2.45, 2.75) is 20.8 Å². The minimum Gasteiger partial charge on any atom is -0.495 e. The lowest BCUT2D eigenvalue weighted by Gasteiger charge is -2.14. The van der Waals surface area contributed by atoms with Crippen molar-refractivity contribution in [3.8, 4) is 5.75 Å². The van der Waals surface area contributed by atoms with Gasteiger partial charge in [0, 0.05) is 5.69 Å². The number of aryl methyl sites for hydroxylation is 2. The highest BCUT2D eigenvalue weighted by Gasteiger charge is 2.24. The predicted octanol–water partition coefficient (Wildman–Crippen LogP) is 4.81. The number of ether oxygens (including phenoxy) is 1. The van der Waals surface area contributed by atoms with E-state index in [0.29, 0.717) is 11.4 Å². The summed E-state index contributed by atoms with van der Waals surface area (Å²) in [6.07, 6.45) is 1.28. The van der Waals surface area contributed by atoms with Gasteiger partial charge in [-0.15, -0.1) is 0 Å². The Morgan fingerprint density at radius 2 is 1.68 bits per heavy atom. The zero-order valence-electron chi connectivity index (χ0n) is 16.1. The molecule has 0 amide bonds. The van der Waals surface area contributed by atoms with Crippen LogP contribution in [0.1, 0.15) is 16.7 Å². The smallest absolute Gasteiger partial charge is 0.353 e. The number of nitro groups is 1. The van der Waals surface area contributed by atoms with E-state index in [4.69, 9.17) is 4.74 Å². The third-order valence-corrected chi connectivity index (χ3v) is 4.47. The average Bonchev–Trinajstić information content (AvgIpc) is 2.65. The van der Waals surface area contributed by atoms with Crippen LogP contribution < -0.4 is 15.4 Å². The Kier molecular flexibility index (Phi) is 5.39. The Hall–Kier alpha value is -3.68. The number of benzene rings is 2. The van der Waals surface area contributed by atoms with E-state index in [9.17, 15) is 10.1 Å². The Morgan fingerprint density at radius 1 is 1.00 bits per heavy atom. The minimum absolute atomic E-state index is 0.0803. The number of nitrogens with zero attached hydrogens (tertiary/aromatic N) is 3. The maximum atomic E-state index is 11.8. The second-order valence-electron chi connectivity index (χ2n) is 6.38. The van der Waals surface area contributed by atoms with E-state index in [0.717, 1.165) is 22.4 Å². The fourth-order valence-corrected chi connectivity index (χ4v) is 2.80. The van der Waals surface area contributed by atoms with Gasteiger partial charge in [0.15, 0.2) is 0 Å². The largest absolute Gasteiger partial charge is 0.495 e. The summed E-state index contributed by atoms with van der Waals surface area (Å²) < 4.78 is 5.34. The van der Waals surface area contributed by atoms with Gasteiger partial charge in [-0.1, -0.05) is 18.2 Å². The summed E-state index contributed by atoms with van der Waals surface area (Å²) in [5, 5.41) is 17.9.